The van der Waals surface area contributed by atoms with Gasteiger partial charge in [0.15, 0.2) is 5.69 Å². The Morgan fingerprint density at radius 3 is 2.44 bits per heavy atom. The van der Waals surface area contributed by atoms with Crippen LogP contribution in [-0.2, 0) is 6.54 Å². The molecule has 0 saturated heterocycles. The molecule has 0 saturated carbocycles. The molecule has 1 heterocycles. The lowest BCUT2D eigenvalue weighted by atomic mass is 10.1. The number of para-hydroxylation sites is 1. The zero-order valence-electron chi connectivity index (χ0n) is 12.7. The van der Waals surface area contributed by atoms with E-state index in [2.05, 4.69) is 9.84 Å². The maximum absolute atomic E-state index is 12.6. The van der Waals surface area contributed by atoms with Gasteiger partial charge in [-0.2, -0.15) is 13.9 Å². The predicted molar refractivity (Wildman–Crippen MR) is 85.1 cm³/mol. The fourth-order valence-corrected chi connectivity index (χ4v) is 2.51. The number of hydrogen-bond acceptors (Lipinski definition) is 4. The summed E-state index contributed by atoms with van der Waals surface area (Å²) in [6.07, 6.45) is 0. The van der Waals surface area contributed by atoms with Crippen molar-refractivity contribution in [3.8, 4) is 5.75 Å². The lowest BCUT2D eigenvalue weighted by Crippen LogP contribution is -2.26. The van der Waals surface area contributed by atoms with Crippen molar-refractivity contribution in [2.45, 2.75) is 13.2 Å². The van der Waals surface area contributed by atoms with Gasteiger partial charge in [-0.25, -0.2) is 9.48 Å². The summed E-state index contributed by atoms with van der Waals surface area (Å²) < 4.78 is 30.4. The van der Waals surface area contributed by atoms with Gasteiger partial charge in [0.25, 0.3) is 5.56 Å². The van der Waals surface area contributed by atoms with Crippen molar-refractivity contribution in [2.24, 2.45) is 0 Å². The fraction of sp³-hybridized carbons (Fsp3) is 0.118. The fourth-order valence-electron chi connectivity index (χ4n) is 2.51. The highest BCUT2D eigenvalue weighted by atomic mass is 19.3. The Hall–Kier alpha value is -3.29. The van der Waals surface area contributed by atoms with Gasteiger partial charge >= 0.3 is 12.6 Å². The molecule has 0 bridgehead atoms. The topological polar surface area (TPSA) is 81.4 Å². The van der Waals surface area contributed by atoms with Gasteiger partial charge in [0.1, 0.15) is 5.75 Å². The molecule has 3 aromatic rings. The first kappa shape index (κ1) is 16.6. The van der Waals surface area contributed by atoms with Crippen LogP contribution in [0, 0.1) is 0 Å². The van der Waals surface area contributed by atoms with Crippen molar-refractivity contribution in [3.05, 3.63) is 70.1 Å². The molecule has 1 aromatic heterocycles. The summed E-state index contributed by atoms with van der Waals surface area (Å²) in [6, 6.07) is 12.1. The molecule has 0 aliphatic rings. The molecular weight excluding hydrogens is 334 g/mol. The van der Waals surface area contributed by atoms with Gasteiger partial charge in [-0.15, -0.1) is 0 Å². The smallest absolute Gasteiger partial charge is 0.387 e. The zero-order chi connectivity index (χ0) is 18.0. The largest absolute Gasteiger partial charge is 0.476 e. The Kier molecular flexibility index (Phi) is 4.42. The van der Waals surface area contributed by atoms with E-state index in [0.717, 1.165) is 4.68 Å². The number of carboxylic acid groups (broad SMARTS) is 1. The van der Waals surface area contributed by atoms with E-state index >= 15 is 0 Å². The number of benzene rings is 2. The van der Waals surface area contributed by atoms with Crippen LogP contribution in [0.3, 0.4) is 0 Å². The minimum absolute atomic E-state index is 0.101. The third kappa shape index (κ3) is 3.32. The average Bonchev–Trinajstić information content (AvgIpc) is 2.58. The normalized spacial score (nSPS) is 11.0. The number of carbonyl (C=O) groups is 1. The van der Waals surface area contributed by atoms with Gasteiger partial charge in [0.05, 0.1) is 11.9 Å². The zero-order valence-corrected chi connectivity index (χ0v) is 12.7. The maximum atomic E-state index is 12.6. The molecule has 0 amide bonds. The van der Waals surface area contributed by atoms with Crippen LogP contribution in [0.5, 0.6) is 5.75 Å². The number of carboxylic acids is 1. The number of rotatable bonds is 5. The molecule has 3 rings (SSSR count). The standard InChI is InChI=1S/C17H12F2N2O4/c18-17(19)25-13-8-4-1-5-10(13)9-21-15(22)12-7-3-2-6-11(12)14(20-21)16(23)24/h1-8,17H,9H2,(H,23,24). The molecule has 0 spiro atoms. The minimum atomic E-state index is -3.02. The second-order valence-corrected chi connectivity index (χ2v) is 5.15. The van der Waals surface area contributed by atoms with E-state index < -0.39 is 18.1 Å². The predicted octanol–water partition coefficient (Wildman–Crippen LogP) is 2.74. The van der Waals surface area contributed by atoms with Crippen LogP contribution in [0.2, 0.25) is 0 Å². The lowest BCUT2D eigenvalue weighted by Gasteiger charge is -2.12. The second-order valence-electron chi connectivity index (χ2n) is 5.15. The molecule has 0 atom stereocenters. The summed E-state index contributed by atoms with van der Waals surface area (Å²) in [5.74, 6) is -1.39. The quantitative estimate of drug-likeness (QED) is 0.768. The Labute approximate surface area is 139 Å². The van der Waals surface area contributed by atoms with Crippen molar-refractivity contribution in [3.63, 3.8) is 0 Å². The van der Waals surface area contributed by atoms with E-state index in [4.69, 9.17) is 0 Å². The Bertz CT molecular complexity index is 1000. The summed E-state index contributed by atoms with van der Waals surface area (Å²) in [7, 11) is 0. The number of alkyl halides is 2. The molecule has 0 aliphatic heterocycles. The molecule has 25 heavy (non-hydrogen) atoms. The van der Waals surface area contributed by atoms with Crippen molar-refractivity contribution in [2.75, 3.05) is 0 Å². The second kappa shape index (κ2) is 6.68. The van der Waals surface area contributed by atoms with Crippen LogP contribution in [0.1, 0.15) is 16.1 Å². The number of ether oxygens (including phenoxy) is 1. The molecule has 0 radical (unpaired) electrons. The highest BCUT2D eigenvalue weighted by Crippen LogP contribution is 2.21. The average molecular weight is 346 g/mol. The summed E-state index contributed by atoms with van der Waals surface area (Å²) in [5, 5.41) is 13.6. The summed E-state index contributed by atoms with van der Waals surface area (Å²) in [4.78, 5) is 24.0. The number of aromatic nitrogens is 2. The van der Waals surface area contributed by atoms with Crippen LogP contribution in [0.15, 0.2) is 53.3 Å². The van der Waals surface area contributed by atoms with Crippen molar-refractivity contribution < 1.29 is 23.4 Å². The molecule has 6 nitrogen and oxygen atoms in total. The van der Waals surface area contributed by atoms with Crippen LogP contribution in [0.25, 0.3) is 10.8 Å². The van der Waals surface area contributed by atoms with Gasteiger partial charge in [-0.05, 0) is 12.1 Å². The van der Waals surface area contributed by atoms with Gasteiger partial charge in [0, 0.05) is 10.9 Å². The molecule has 0 aliphatic carbocycles. The van der Waals surface area contributed by atoms with Crippen LogP contribution < -0.4 is 10.3 Å². The van der Waals surface area contributed by atoms with Crippen molar-refractivity contribution in [1.82, 2.24) is 9.78 Å². The number of aromatic carboxylic acids is 1. The SMILES string of the molecule is O=C(O)c1nn(Cc2ccccc2OC(F)F)c(=O)c2ccccc12. The van der Waals surface area contributed by atoms with Crippen molar-refractivity contribution >= 4 is 16.7 Å². The van der Waals surface area contributed by atoms with Crippen LogP contribution in [0.4, 0.5) is 8.78 Å². The molecule has 128 valence electrons. The molecule has 2 aromatic carbocycles. The molecule has 1 N–H and O–H groups in total. The summed E-state index contributed by atoms with van der Waals surface area (Å²) in [5.41, 5.74) is -0.529. The lowest BCUT2D eigenvalue weighted by molar-refractivity contribution is -0.0505. The van der Waals surface area contributed by atoms with E-state index in [1.54, 1.807) is 18.2 Å². The van der Waals surface area contributed by atoms with E-state index in [9.17, 15) is 23.5 Å². The first-order valence-electron chi connectivity index (χ1n) is 7.23. The number of halogens is 2. The first-order chi connectivity index (χ1) is 12.0. The third-order valence-electron chi connectivity index (χ3n) is 3.58. The highest BCUT2D eigenvalue weighted by molar-refractivity contribution is 6.01. The number of hydrogen-bond donors (Lipinski definition) is 1. The van der Waals surface area contributed by atoms with Crippen LogP contribution in [-0.4, -0.2) is 27.5 Å². The number of nitrogens with zero attached hydrogens (tertiary/aromatic N) is 2. The van der Waals surface area contributed by atoms with Crippen molar-refractivity contribution in [1.29, 1.82) is 0 Å². The molecular formula is C17H12F2N2O4. The van der Waals surface area contributed by atoms with Gasteiger partial charge in [0.2, 0.25) is 0 Å². The van der Waals surface area contributed by atoms with Gasteiger partial charge < -0.3 is 9.84 Å². The van der Waals surface area contributed by atoms with Gasteiger partial charge in [-0.1, -0.05) is 36.4 Å². The first-order valence-corrected chi connectivity index (χ1v) is 7.23. The maximum Gasteiger partial charge on any atom is 0.387 e. The highest BCUT2D eigenvalue weighted by Gasteiger charge is 2.17. The number of fused-ring (bicyclic) bond motifs is 1. The minimum Gasteiger partial charge on any atom is -0.476 e. The molecule has 8 heteroatoms. The third-order valence-corrected chi connectivity index (χ3v) is 3.58. The summed E-state index contributed by atoms with van der Waals surface area (Å²) >= 11 is 0. The van der Waals surface area contributed by atoms with E-state index in [-0.39, 0.29) is 34.3 Å². The Morgan fingerprint density at radius 1 is 1.12 bits per heavy atom. The Morgan fingerprint density at radius 2 is 1.76 bits per heavy atom. The van der Waals surface area contributed by atoms with Gasteiger partial charge in [-0.3, -0.25) is 4.79 Å². The molecule has 0 fully saturated rings. The summed E-state index contributed by atoms with van der Waals surface area (Å²) in [6.45, 7) is -3.22. The molecule has 0 unspecified atom stereocenters. The van der Waals surface area contributed by atoms with E-state index in [0.29, 0.717) is 0 Å². The van der Waals surface area contributed by atoms with Crippen LogP contribution >= 0.6 is 0 Å². The van der Waals surface area contributed by atoms with E-state index in [1.165, 1.54) is 30.3 Å². The van der Waals surface area contributed by atoms with E-state index in [1.807, 2.05) is 0 Å². The Balaban J connectivity index is 2.13. The monoisotopic (exact) mass is 346 g/mol.